The maximum absolute atomic E-state index is 12.2. The fourth-order valence-corrected chi connectivity index (χ4v) is 3.25. The van der Waals surface area contributed by atoms with Crippen LogP contribution in [0.15, 0.2) is 12.2 Å². The summed E-state index contributed by atoms with van der Waals surface area (Å²) < 4.78 is 4.81. The van der Waals surface area contributed by atoms with E-state index < -0.39 is 6.09 Å². The van der Waals surface area contributed by atoms with Gasteiger partial charge in [-0.2, -0.15) is 0 Å². The van der Waals surface area contributed by atoms with Gasteiger partial charge in [0.05, 0.1) is 6.54 Å². The Labute approximate surface area is 94.2 Å². The van der Waals surface area contributed by atoms with Crippen molar-refractivity contribution < 1.29 is 14.3 Å². The normalized spacial score (nSPS) is 40.6. The molecule has 0 spiro atoms. The van der Waals surface area contributed by atoms with Crippen LogP contribution in [0.25, 0.3) is 0 Å². The molecule has 2 bridgehead atoms. The van der Waals surface area contributed by atoms with Crippen molar-refractivity contribution in [1.29, 1.82) is 0 Å². The van der Waals surface area contributed by atoms with E-state index >= 15 is 0 Å². The number of hydrogen-bond donors (Lipinski definition) is 0. The van der Waals surface area contributed by atoms with Gasteiger partial charge in [-0.25, -0.2) is 9.69 Å². The van der Waals surface area contributed by atoms with Gasteiger partial charge >= 0.3 is 6.09 Å². The summed E-state index contributed by atoms with van der Waals surface area (Å²) in [5.41, 5.74) is 0. The van der Waals surface area contributed by atoms with Gasteiger partial charge in [0.25, 0.3) is 0 Å². The Bertz CT molecular complexity index is 376. The van der Waals surface area contributed by atoms with Gasteiger partial charge in [0.1, 0.15) is 6.61 Å². The number of hydrogen-bond acceptors (Lipinski definition) is 3. The summed E-state index contributed by atoms with van der Waals surface area (Å²) in [5, 5.41) is 0. The number of rotatable bonds is 1. The first-order valence-corrected chi connectivity index (χ1v) is 5.85. The first kappa shape index (κ1) is 9.87. The second-order valence-electron chi connectivity index (χ2n) is 4.94. The van der Waals surface area contributed by atoms with Gasteiger partial charge in [0.15, 0.2) is 0 Å². The summed E-state index contributed by atoms with van der Waals surface area (Å²) in [5.74, 6) is 1.17. The quantitative estimate of drug-likeness (QED) is 0.629. The van der Waals surface area contributed by atoms with Crippen LogP contribution in [0.2, 0.25) is 0 Å². The fourth-order valence-electron chi connectivity index (χ4n) is 3.25. The van der Waals surface area contributed by atoms with E-state index in [1.165, 1.54) is 4.90 Å². The molecule has 0 aromatic carbocycles. The van der Waals surface area contributed by atoms with E-state index in [1.807, 2.05) is 0 Å². The zero-order valence-electron chi connectivity index (χ0n) is 9.26. The van der Waals surface area contributed by atoms with Crippen molar-refractivity contribution in [2.24, 2.45) is 23.7 Å². The number of ether oxygens (including phenoxy) is 1. The number of nitrogens with zero attached hydrogens (tertiary/aromatic N) is 1. The first-order valence-electron chi connectivity index (χ1n) is 5.85. The molecule has 2 fully saturated rings. The highest BCUT2D eigenvalue weighted by Gasteiger charge is 2.48. The summed E-state index contributed by atoms with van der Waals surface area (Å²) in [6.07, 6.45) is 4.94. The molecule has 0 aromatic heterocycles. The first-order chi connectivity index (χ1) is 7.68. The number of fused-ring (bicyclic) bond motifs is 2. The summed E-state index contributed by atoms with van der Waals surface area (Å²) in [6, 6.07) is 0. The second kappa shape index (κ2) is 3.34. The molecule has 2 amide bonds. The van der Waals surface area contributed by atoms with Gasteiger partial charge in [-0.3, -0.25) is 4.79 Å². The van der Waals surface area contributed by atoms with Crippen LogP contribution < -0.4 is 0 Å². The molecular formula is C12H15NO3. The molecule has 1 saturated heterocycles. The molecule has 3 rings (SSSR count). The van der Waals surface area contributed by atoms with Gasteiger partial charge in [0, 0.05) is 5.92 Å². The summed E-state index contributed by atoms with van der Waals surface area (Å²) in [7, 11) is 0. The number of imide groups is 1. The van der Waals surface area contributed by atoms with Crippen LogP contribution in [0.4, 0.5) is 4.79 Å². The smallest absolute Gasteiger partial charge is 0.416 e. The lowest BCUT2D eigenvalue weighted by Crippen LogP contribution is -2.40. The zero-order chi connectivity index (χ0) is 11.3. The number of carbonyl (C=O) groups excluding carboxylic acids is 2. The molecule has 1 heterocycles. The van der Waals surface area contributed by atoms with Crippen molar-refractivity contribution in [3.63, 3.8) is 0 Å². The van der Waals surface area contributed by atoms with E-state index in [0.29, 0.717) is 30.9 Å². The van der Waals surface area contributed by atoms with Gasteiger partial charge in [-0.15, -0.1) is 0 Å². The predicted octanol–water partition coefficient (Wildman–Crippen LogP) is 1.42. The van der Waals surface area contributed by atoms with E-state index in [1.54, 1.807) is 0 Å². The molecule has 0 N–H and O–H groups in total. The van der Waals surface area contributed by atoms with Crippen molar-refractivity contribution >= 4 is 12.0 Å². The molecule has 0 radical (unpaired) electrons. The van der Waals surface area contributed by atoms with Gasteiger partial charge < -0.3 is 4.74 Å². The molecule has 3 aliphatic rings. The van der Waals surface area contributed by atoms with Crippen molar-refractivity contribution in [2.75, 3.05) is 13.2 Å². The Balaban J connectivity index is 1.81. The molecule has 16 heavy (non-hydrogen) atoms. The molecule has 1 unspecified atom stereocenters. The summed E-state index contributed by atoms with van der Waals surface area (Å²) in [6.45, 7) is 2.87. The Morgan fingerprint density at radius 1 is 1.44 bits per heavy atom. The molecule has 4 atom stereocenters. The topological polar surface area (TPSA) is 46.6 Å². The Hall–Kier alpha value is -1.32. The minimum Gasteiger partial charge on any atom is -0.447 e. The highest BCUT2D eigenvalue weighted by molar-refractivity contribution is 5.94. The molecule has 0 aromatic rings. The van der Waals surface area contributed by atoms with Crippen LogP contribution in [0.5, 0.6) is 0 Å². The monoisotopic (exact) mass is 221 g/mol. The summed E-state index contributed by atoms with van der Waals surface area (Å²) >= 11 is 0. The lowest BCUT2D eigenvalue weighted by Gasteiger charge is -2.26. The third kappa shape index (κ3) is 1.22. The Morgan fingerprint density at radius 2 is 2.19 bits per heavy atom. The van der Waals surface area contributed by atoms with E-state index in [4.69, 9.17) is 4.74 Å². The molecule has 1 aliphatic heterocycles. The van der Waals surface area contributed by atoms with E-state index in [9.17, 15) is 9.59 Å². The molecule has 2 aliphatic carbocycles. The average Bonchev–Trinajstić information content (AvgIpc) is 2.92. The number of amides is 2. The predicted molar refractivity (Wildman–Crippen MR) is 56.5 cm³/mol. The molecule has 4 heteroatoms. The zero-order valence-corrected chi connectivity index (χ0v) is 9.26. The third-order valence-corrected chi connectivity index (χ3v) is 4.16. The maximum Gasteiger partial charge on any atom is 0.416 e. The minimum absolute atomic E-state index is 0.0133. The van der Waals surface area contributed by atoms with Crippen molar-refractivity contribution in [3.8, 4) is 0 Å². The Kier molecular flexibility index (Phi) is 2.06. The average molecular weight is 221 g/mol. The highest BCUT2D eigenvalue weighted by atomic mass is 16.6. The molecular weight excluding hydrogens is 206 g/mol. The van der Waals surface area contributed by atoms with Gasteiger partial charge in [-0.05, 0) is 24.2 Å². The fraction of sp³-hybridized carbons (Fsp3) is 0.667. The summed E-state index contributed by atoms with van der Waals surface area (Å²) in [4.78, 5) is 24.9. The standard InChI is InChI=1S/C12H15NO3/c1-7-8-2-3-9(6-8)10(7)11(14)13-4-5-16-12(13)15/h2-3,7-10H,4-6H2,1H3/t7?,8-,9-,10+/m1/s1. The van der Waals surface area contributed by atoms with Gasteiger partial charge in [-0.1, -0.05) is 19.1 Å². The van der Waals surface area contributed by atoms with Crippen LogP contribution >= 0.6 is 0 Å². The minimum atomic E-state index is -0.469. The van der Waals surface area contributed by atoms with Crippen molar-refractivity contribution in [3.05, 3.63) is 12.2 Å². The van der Waals surface area contributed by atoms with Crippen LogP contribution in [0.3, 0.4) is 0 Å². The lowest BCUT2D eigenvalue weighted by molar-refractivity contribution is -0.134. The van der Waals surface area contributed by atoms with Crippen LogP contribution in [-0.2, 0) is 9.53 Å². The van der Waals surface area contributed by atoms with E-state index in [2.05, 4.69) is 19.1 Å². The molecule has 86 valence electrons. The van der Waals surface area contributed by atoms with E-state index in [0.717, 1.165) is 6.42 Å². The van der Waals surface area contributed by atoms with Crippen LogP contribution in [-0.4, -0.2) is 30.1 Å². The largest absolute Gasteiger partial charge is 0.447 e. The van der Waals surface area contributed by atoms with Crippen molar-refractivity contribution in [2.45, 2.75) is 13.3 Å². The number of allylic oxidation sites excluding steroid dienone is 2. The third-order valence-electron chi connectivity index (χ3n) is 4.16. The van der Waals surface area contributed by atoms with E-state index in [-0.39, 0.29) is 11.8 Å². The Morgan fingerprint density at radius 3 is 2.75 bits per heavy atom. The molecule has 1 saturated carbocycles. The van der Waals surface area contributed by atoms with Crippen LogP contribution in [0, 0.1) is 23.7 Å². The number of carbonyl (C=O) groups is 2. The molecule has 4 nitrogen and oxygen atoms in total. The number of cyclic esters (lactones) is 1. The van der Waals surface area contributed by atoms with Crippen LogP contribution in [0.1, 0.15) is 13.3 Å². The second-order valence-corrected chi connectivity index (χ2v) is 4.94. The highest BCUT2D eigenvalue weighted by Crippen LogP contribution is 2.48. The van der Waals surface area contributed by atoms with Crippen molar-refractivity contribution in [1.82, 2.24) is 4.90 Å². The maximum atomic E-state index is 12.2. The SMILES string of the molecule is CC1[C@@H]2C=C[C@H](C2)[C@H]1C(=O)N1CCOC1=O. The van der Waals surface area contributed by atoms with Gasteiger partial charge in [0.2, 0.25) is 5.91 Å². The lowest BCUT2D eigenvalue weighted by atomic mass is 9.83.